The Bertz CT molecular complexity index is 2490. The number of aliphatic carboxylic acids is 1. The molecule has 0 aromatic carbocycles. The number of rotatable bonds is 51. The van der Waals surface area contributed by atoms with Crippen LogP contribution in [0, 0.1) is 5.92 Å². The first-order chi connectivity index (χ1) is 43.9. The zero-order valence-corrected chi connectivity index (χ0v) is 53.8. The molecule has 0 saturated carbocycles. The third-order valence-electron chi connectivity index (χ3n) is 13.7. The molecule has 0 spiro atoms. The maximum Gasteiger partial charge on any atom is 0.326 e. The van der Waals surface area contributed by atoms with Crippen LogP contribution in [0.1, 0.15) is 136 Å². The van der Waals surface area contributed by atoms with Crippen LogP contribution in [0.4, 0.5) is 0 Å². The van der Waals surface area contributed by atoms with Crippen LogP contribution < -0.4 is 129 Å². The summed E-state index contributed by atoms with van der Waals surface area (Å²) in [5, 5.41) is 31.2. The van der Waals surface area contributed by atoms with E-state index in [1.807, 2.05) is 0 Å². The fourth-order valence-electron chi connectivity index (χ4n) is 8.91. The zero-order chi connectivity index (χ0) is 70.4. The van der Waals surface area contributed by atoms with E-state index in [1.165, 1.54) is 0 Å². The van der Waals surface area contributed by atoms with Crippen LogP contribution >= 0.6 is 0 Å². The molecular formula is C54H109N29O10. The molecule has 39 nitrogen and oxygen atoms in total. The van der Waals surface area contributed by atoms with Crippen molar-refractivity contribution in [1.82, 2.24) is 42.5 Å². The van der Waals surface area contributed by atoms with Gasteiger partial charge in [-0.05, 0) is 141 Å². The Kier molecular flexibility index (Phi) is 43.7. The standard InChI is InChI=1S/C54H109N29O10/c1-30(2)29-39(47(91)81-35(17-9-25-72-51(62)63)44(88)79-36(18-10-26-73-52(64)65)45(89)82-38(48(92)93)20-12-28-75-54(68)69)83-46(90)37(19-11-27-74-53(66)67)80-43(87)34(16-8-24-71-50(60)61)78-42(86)33(15-4-6-22-56)77-41(85)32(14-3-5-21-55)76-40(84)31(57)13-7-23-70-49(58)59/h30-39H,3-29,55-57H2,1-2H3,(H,76,84)(H,77,85)(H,78,86)(H,79,88)(H,80,87)(H,81,91)(H,82,89)(H,83,90)(H,92,93)(H4,58,59,70)(H4,60,61,71)(H4,62,63,72)(H4,64,65,73)(H4,66,67,74)(H4,68,69,75)/t31-,32+,33+,34+,35+,36+,37-,38-,39-/m1/s1. The third kappa shape index (κ3) is 41.0. The first kappa shape index (κ1) is 83.7. The van der Waals surface area contributed by atoms with Crippen LogP contribution in [-0.4, -0.2) is 201 Å². The fourth-order valence-corrected chi connectivity index (χ4v) is 8.91. The van der Waals surface area contributed by atoms with Crippen molar-refractivity contribution in [2.45, 2.75) is 190 Å². The van der Waals surface area contributed by atoms with Gasteiger partial charge < -0.3 is 134 Å². The molecule has 93 heavy (non-hydrogen) atoms. The number of carboxylic acid groups (broad SMARTS) is 1. The van der Waals surface area contributed by atoms with Gasteiger partial charge in [-0.15, -0.1) is 0 Å². The molecule has 0 bridgehead atoms. The van der Waals surface area contributed by atoms with E-state index in [9.17, 15) is 48.3 Å². The van der Waals surface area contributed by atoms with E-state index in [0.717, 1.165) is 0 Å². The second-order valence-corrected chi connectivity index (χ2v) is 22.3. The van der Waals surface area contributed by atoms with Crippen LogP contribution in [0.2, 0.25) is 0 Å². The number of carbonyl (C=O) groups excluding carboxylic acids is 8. The van der Waals surface area contributed by atoms with E-state index in [1.54, 1.807) is 13.8 Å². The van der Waals surface area contributed by atoms with E-state index in [2.05, 4.69) is 72.5 Å². The quantitative estimate of drug-likeness (QED) is 0.0153. The highest BCUT2D eigenvalue weighted by molar-refractivity contribution is 5.98. The lowest BCUT2D eigenvalue weighted by Crippen LogP contribution is -2.60. The van der Waals surface area contributed by atoms with Crippen molar-refractivity contribution in [1.29, 1.82) is 0 Å². The van der Waals surface area contributed by atoms with Crippen molar-refractivity contribution in [3.05, 3.63) is 0 Å². The molecule has 0 aliphatic heterocycles. The predicted octanol–water partition coefficient (Wildman–Crippen LogP) is -9.10. The van der Waals surface area contributed by atoms with Crippen LogP contribution in [0.5, 0.6) is 0 Å². The van der Waals surface area contributed by atoms with E-state index in [0.29, 0.717) is 38.6 Å². The molecule has 0 saturated heterocycles. The largest absolute Gasteiger partial charge is 0.480 e. The summed E-state index contributed by atoms with van der Waals surface area (Å²) in [5.74, 6) is -9.66. The number of carboxylic acids is 1. The van der Waals surface area contributed by atoms with E-state index in [-0.39, 0.29) is 177 Å². The smallest absolute Gasteiger partial charge is 0.326 e. The average molecular weight is 1320 g/mol. The number of nitrogens with one attached hydrogen (secondary N) is 8. The van der Waals surface area contributed by atoms with Gasteiger partial charge >= 0.3 is 5.97 Å². The Morgan fingerprint density at radius 3 is 0.742 bits per heavy atom. The van der Waals surface area contributed by atoms with Crippen molar-refractivity contribution >= 4 is 89.0 Å². The lowest BCUT2D eigenvalue weighted by molar-refractivity contribution is -0.142. The number of amides is 8. The maximum atomic E-state index is 14.7. The lowest BCUT2D eigenvalue weighted by atomic mass is 10.0. The molecule has 530 valence electrons. The summed E-state index contributed by atoms with van der Waals surface area (Å²) >= 11 is 0. The summed E-state index contributed by atoms with van der Waals surface area (Å²) in [6.45, 7) is 4.32. The van der Waals surface area contributed by atoms with Gasteiger partial charge in [-0.3, -0.25) is 68.3 Å². The van der Waals surface area contributed by atoms with E-state index in [4.69, 9.17) is 86.0 Å². The molecule has 39 N–H and O–H groups in total. The van der Waals surface area contributed by atoms with Crippen molar-refractivity contribution in [2.24, 2.45) is 122 Å². The van der Waals surface area contributed by atoms with Crippen molar-refractivity contribution in [3.63, 3.8) is 0 Å². The Morgan fingerprint density at radius 1 is 0.301 bits per heavy atom. The molecule has 0 aliphatic rings. The number of hydrogen-bond acceptors (Lipinski definition) is 18. The summed E-state index contributed by atoms with van der Waals surface area (Å²) < 4.78 is 0. The number of carbonyl (C=O) groups is 9. The van der Waals surface area contributed by atoms with Crippen molar-refractivity contribution < 1.29 is 48.3 Å². The number of unbranched alkanes of at least 4 members (excludes halogenated alkanes) is 2. The maximum absolute atomic E-state index is 14.7. The minimum absolute atomic E-state index is 0.00222. The highest BCUT2D eigenvalue weighted by Gasteiger charge is 2.35. The monoisotopic (exact) mass is 1320 g/mol. The minimum Gasteiger partial charge on any atom is -0.480 e. The highest BCUT2D eigenvalue weighted by atomic mass is 16.4. The molecule has 0 aromatic heterocycles. The van der Waals surface area contributed by atoms with Gasteiger partial charge in [-0.2, -0.15) is 0 Å². The van der Waals surface area contributed by atoms with Gasteiger partial charge in [-0.1, -0.05) is 13.8 Å². The number of nitrogens with two attached hydrogens (primary N) is 15. The molecule has 0 heterocycles. The zero-order valence-electron chi connectivity index (χ0n) is 53.8. The lowest BCUT2D eigenvalue weighted by Gasteiger charge is -2.29. The molecular weight excluding hydrogens is 1210 g/mol. The molecule has 0 radical (unpaired) electrons. The molecule has 0 rings (SSSR count). The summed E-state index contributed by atoms with van der Waals surface area (Å²) in [6.07, 6.45) is 2.31. The van der Waals surface area contributed by atoms with Crippen LogP contribution in [0.3, 0.4) is 0 Å². The van der Waals surface area contributed by atoms with Gasteiger partial charge in [0.25, 0.3) is 0 Å². The fraction of sp³-hybridized carbons (Fsp3) is 0.722. The van der Waals surface area contributed by atoms with Crippen molar-refractivity contribution in [3.8, 4) is 0 Å². The predicted molar refractivity (Wildman–Crippen MR) is 356 cm³/mol. The summed E-state index contributed by atoms with van der Waals surface area (Å²) in [5.41, 5.74) is 83.8. The molecule has 9 atom stereocenters. The molecule has 39 heteroatoms. The SMILES string of the molecule is CC(C)C[C@@H](NC(=O)[C@@H](CCCN=C(N)N)NC(=O)[C@H](CCCN=C(N)N)NC(=O)[C@H](CCCCN)NC(=O)[C@H](CCCCN)NC(=O)[C@H](N)CCCN=C(N)N)C(=O)N[C@@H](CCCN=C(N)N)C(=O)N[C@@H](CCCN=C(N)N)C(=O)N[C@H](CCCN=C(N)N)C(=O)O. The number of nitrogens with zero attached hydrogens (tertiary/aromatic N) is 6. The summed E-state index contributed by atoms with van der Waals surface area (Å²) in [6, 6.07) is -12.1. The van der Waals surface area contributed by atoms with Crippen LogP contribution in [0.15, 0.2) is 30.0 Å². The van der Waals surface area contributed by atoms with Gasteiger partial charge in [0.15, 0.2) is 35.8 Å². The molecule has 0 unspecified atom stereocenters. The summed E-state index contributed by atoms with van der Waals surface area (Å²) in [4.78, 5) is 150. The Labute approximate surface area is 542 Å². The molecule has 0 fully saturated rings. The average Bonchev–Trinajstić information content (AvgIpc) is 2.75. The first-order valence-electron chi connectivity index (χ1n) is 31.1. The second kappa shape index (κ2) is 48.5. The molecule has 0 aliphatic carbocycles. The molecule has 0 aromatic rings. The van der Waals surface area contributed by atoms with Gasteiger partial charge in [0, 0.05) is 39.3 Å². The van der Waals surface area contributed by atoms with Gasteiger partial charge in [-0.25, -0.2) is 4.79 Å². The Hall–Kier alpha value is -9.27. The number of guanidine groups is 6. The normalized spacial score (nSPS) is 13.7. The minimum atomic E-state index is -1.46. The summed E-state index contributed by atoms with van der Waals surface area (Å²) in [7, 11) is 0. The van der Waals surface area contributed by atoms with Gasteiger partial charge in [0.2, 0.25) is 47.3 Å². The third-order valence-corrected chi connectivity index (χ3v) is 13.7. The molecule has 8 amide bonds. The first-order valence-corrected chi connectivity index (χ1v) is 31.1. The van der Waals surface area contributed by atoms with Gasteiger partial charge in [0.1, 0.15) is 48.3 Å². The van der Waals surface area contributed by atoms with Gasteiger partial charge in [0.05, 0.1) is 6.04 Å². The highest BCUT2D eigenvalue weighted by Crippen LogP contribution is 2.13. The topological polar surface area (TPSA) is 735 Å². The van der Waals surface area contributed by atoms with E-state index < -0.39 is 108 Å². The number of aliphatic imine (C=N–C) groups is 6. The van der Waals surface area contributed by atoms with E-state index >= 15 is 0 Å². The van der Waals surface area contributed by atoms with Crippen LogP contribution in [0.25, 0.3) is 0 Å². The van der Waals surface area contributed by atoms with Crippen molar-refractivity contribution in [2.75, 3.05) is 52.4 Å². The number of hydrogen-bond donors (Lipinski definition) is 24. The van der Waals surface area contributed by atoms with Crippen LogP contribution in [-0.2, 0) is 43.2 Å². The Balaban J connectivity index is 7.38. The Morgan fingerprint density at radius 2 is 0.505 bits per heavy atom. The second-order valence-electron chi connectivity index (χ2n) is 22.3.